The topological polar surface area (TPSA) is 24.5 Å². The molecule has 100 valence electrons. The monoisotopic (exact) mass is 268 g/mol. The van der Waals surface area contributed by atoms with Gasteiger partial charge in [0.25, 0.3) is 0 Å². The van der Waals surface area contributed by atoms with Gasteiger partial charge < -0.3 is 15.0 Å². The molecule has 1 heterocycles. The second-order valence-corrected chi connectivity index (χ2v) is 4.94. The minimum absolute atomic E-state index is 0.803. The molecule has 0 bridgehead atoms. The molecule has 18 heavy (non-hydrogen) atoms. The summed E-state index contributed by atoms with van der Waals surface area (Å²) < 4.78 is 5.51. The van der Waals surface area contributed by atoms with Gasteiger partial charge in [-0.3, -0.25) is 0 Å². The number of halogens is 1. The van der Waals surface area contributed by atoms with Gasteiger partial charge in [-0.2, -0.15) is 0 Å². The molecule has 3 nitrogen and oxygen atoms in total. The van der Waals surface area contributed by atoms with Crippen LogP contribution in [-0.2, 0) is 11.3 Å². The third-order valence-electron chi connectivity index (χ3n) is 3.17. The Balaban J connectivity index is 2.18. The van der Waals surface area contributed by atoms with E-state index in [1.54, 1.807) is 0 Å². The van der Waals surface area contributed by atoms with E-state index in [1.807, 2.05) is 6.07 Å². The smallest absolute Gasteiger partial charge is 0.0641 e. The van der Waals surface area contributed by atoms with E-state index in [1.165, 1.54) is 11.3 Å². The van der Waals surface area contributed by atoms with Gasteiger partial charge in [-0.15, -0.1) is 0 Å². The van der Waals surface area contributed by atoms with Crippen LogP contribution in [0.25, 0.3) is 0 Å². The third-order valence-corrected chi connectivity index (χ3v) is 3.41. The van der Waals surface area contributed by atoms with Gasteiger partial charge in [-0.1, -0.05) is 18.5 Å². The van der Waals surface area contributed by atoms with E-state index in [0.717, 1.165) is 50.8 Å². The maximum atomic E-state index is 6.10. The first-order valence-electron chi connectivity index (χ1n) is 6.63. The molecule has 1 saturated heterocycles. The molecular weight excluding hydrogens is 248 g/mol. The summed E-state index contributed by atoms with van der Waals surface area (Å²) in [7, 11) is 0. The Morgan fingerprint density at radius 1 is 1.33 bits per heavy atom. The van der Waals surface area contributed by atoms with Crippen LogP contribution < -0.4 is 10.2 Å². The Kier molecular flexibility index (Phi) is 5.29. The van der Waals surface area contributed by atoms with Crippen LogP contribution in [0.4, 0.5) is 5.69 Å². The molecule has 1 N–H and O–H groups in total. The SMILES string of the molecule is CCNCc1cc(Cl)ccc1N1CCCOCC1. The summed E-state index contributed by atoms with van der Waals surface area (Å²) in [5.41, 5.74) is 2.55. The lowest BCUT2D eigenvalue weighted by Gasteiger charge is -2.25. The summed E-state index contributed by atoms with van der Waals surface area (Å²) >= 11 is 6.10. The van der Waals surface area contributed by atoms with Crippen molar-refractivity contribution in [3.8, 4) is 0 Å². The van der Waals surface area contributed by atoms with Gasteiger partial charge in [0.2, 0.25) is 0 Å². The number of ether oxygens (including phenoxy) is 1. The zero-order chi connectivity index (χ0) is 12.8. The van der Waals surface area contributed by atoms with Gasteiger partial charge in [0, 0.05) is 37.0 Å². The first-order valence-corrected chi connectivity index (χ1v) is 7.01. The number of nitrogens with zero attached hydrogens (tertiary/aromatic N) is 1. The van der Waals surface area contributed by atoms with Crippen molar-refractivity contribution < 1.29 is 4.74 Å². The Morgan fingerprint density at radius 3 is 3.06 bits per heavy atom. The lowest BCUT2D eigenvalue weighted by molar-refractivity contribution is 0.152. The van der Waals surface area contributed by atoms with Crippen molar-refractivity contribution >= 4 is 17.3 Å². The molecule has 0 atom stereocenters. The summed E-state index contributed by atoms with van der Waals surface area (Å²) in [5, 5.41) is 4.17. The van der Waals surface area contributed by atoms with Gasteiger partial charge in [0.05, 0.1) is 6.61 Å². The molecule has 1 fully saturated rings. The normalized spacial score (nSPS) is 16.7. The van der Waals surface area contributed by atoms with Crippen LogP contribution in [0.2, 0.25) is 5.02 Å². The Labute approximate surface area is 114 Å². The summed E-state index contributed by atoms with van der Waals surface area (Å²) in [6, 6.07) is 6.16. The summed E-state index contributed by atoms with van der Waals surface area (Å²) in [6.45, 7) is 7.64. The van der Waals surface area contributed by atoms with Crippen LogP contribution in [-0.4, -0.2) is 32.8 Å². The second kappa shape index (κ2) is 6.98. The molecule has 1 aromatic rings. The first-order chi connectivity index (χ1) is 8.81. The van der Waals surface area contributed by atoms with Crippen LogP contribution in [0.5, 0.6) is 0 Å². The molecule has 0 saturated carbocycles. The molecule has 1 aromatic carbocycles. The molecule has 0 radical (unpaired) electrons. The summed E-state index contributed by atoms with van der Waals surface area (Å²) in [4.78, 5) is 2.40. The number of hydrogen-bond donors (Lipinski definition) is 1. The van der Waals surface area contributed by atoms with E-state index in [4.69, 9.17) is 16.3 Å². The van der Waals surface area contributed by atoms with Crippen LogP contribution in [0, 0.1) is 0 Å². The van der Waals surface area contributed by atoms with Gasteiger partial charge in [-0.05, 0) is 36.7 Å². The Bertz CT molecular complexity index is 376. The zero-order valence-corrected chi connectivity index (χ0v) is 11.7. The van der Waals surface area contributed by atoms with E-state index >= 15 is 0 Å². The van der Waals surface area contributed by atoms with Crippen molar-refractivity contribution in [2.24, 2.45) is 0 Å². The molecule has 1 aliphatic heterocycles. The van der Waals surface area contributed by atoms with Crippen molar-refractivity contribution in [1.82, 2.24) is 5.32 Å². The molecule has 0 unspecified atom stereocenters. The third kappa shape index (κ3) is 3.61. The van der Waals surface area contributed by atoms with Gasteiger partial charge in [0.1, 0.15) is 0 Å². The first kappa shape index (κ1) is 13.7. The van der Waals surface area contributed by atoms with E-state index in [2.05, 4.69) is 29.3 Å². The molecule has 4 heteroatoms. The van der Waals surface area contributed by atoms with E-state index in [-0.39, 0.29) is 0 Å². The highest BCUT2D eigenvalue weighted by molar-refractivity contribution is 6.30. The predicted molar refractivity (Wildman–Crippen MR) is 76.5 cm³/mol. The maximum absolute atomic E-state index is 6.10. The van der Waals surface area contributed by atoms with Crippen molar-refractivity contribution in [3.63, 3.8) is 0 Å². The lowest BCUT2D eigenvalue weighted by Crippen LogP contribution is -2.27. The van der Waals surface area contributed by atoms with E-state index < -0.39 is 0 Å². The number of anilines is 1. The van der Waals surface area contributed by atoms with Gasteiger partial charge in [-0.25, -0.2) is 0 Å². The quantitative estimate of drug-likeness (QED) is 0.909. The van der Waals surface area contributed by atoms with Gasteiger partial charge >= 0.3 is 0 Å². The molecule has 0 aromatic heterocycles. The highest BCUT2D eigenvalue weighted by Gasteiger charge is 2.13. The minimum Gasteiger partial charge on any atom is -0.380 e. The Morgan fingerprint density at radius 2 is 2.22 bits per heavy atom. The Hall–Kier alpha value is -0.770. The van der Waals surface area contributed by atoms with Crippen molar-refractivity contribution in [3.05, 3.63) is 28.8 Å². The van der Waals surface area contributed by atoms with Crippen LogP contribution in [0.3, 0.4) is 0 Å². The fourth-order valence-corrected chi connectivity index (χ4v) is 2.45. The van der Waals surface area contributed by atoms with Crippen molar-refractivity contribution in [2.45, 2.75) is 19.9 Å². The standard InChI is InChI=1S/C14H21ClN2O/c1-2-16-11-12-10-13(15)4-5-14(12)17-6-3-8-18-9-7-17/h4-5,10,16H,2-3,6-9,11H2,1H3. The van der Waals surface area contributed by atoms with Crippen molar-refractivity contribution in [1.29, 1.82) is 0 Å². The van der Waals surface area contributed by atoms with E-state index in [0.29, 0.717) is 0 Å². The number of hydrogen-bond acceptors (Lipinski definition) is 3. The van der Waals surface area contributed by atoms with Crippen LogP contribution in [0.15, 0.2) is 18.2 Å². The molecule has 0 amide bonds. The maximum Gasteiger partial charge on any atom is 0.0641 e. The average Bonchev–Trinajstić information content (AvgIpc) is 2.65. The zero-order valence-electron chi connectivity index (χ0n) is 10.9. The molecule has 0 aliphatic carbocycles. The average molecular weight is 269 g/mol. The van der Waals surface area contributed by atoms with Crippen molar-refractivity contribution in [2.75, 3.05) is 37.7 Å². The number of benzene rings is 1. The number of rotatable bonds is 4. The molecule has 1 aliphatic rings. The van der Waals surface area contributed by atoms with Crippen LogP contribution in [0.1, 0.15) is 18.9 Å². The minimum atomic E-state index is 0.803. The predicted octanol–water partition coefficient (Wildman–Crippen LogP) is 2.68. The fraction of sp³-hybridized carbons (Fsp3) is 0.571. The largest absolute Gasteiger partial charge is 0.380 e. The highest BCUT2D eigenvalue weighted by Crippen LogP contribution is 2.25. The second-order valence-electron chi connectivity index (χ2n) is 4.51. The lowest BCUT2D eigenvalue weighted by atomic mass is 10.1. The highest BCUT2D eigenvalue weighted by atomic mass is 35.5. The van der Waals surface area contributed by atoms with E-state index in [9.17, 15) is 0 Å². The summed E-state index contributed by atoms with van der Waals surface area (Å²) in [5.74, 6) is 0. The van der Waals surface area contributed by atoms with Crippen LogP contribution >= 0.6 is 11.6 Å². The fourth-order valence-electron chi connectivity index (χ4n) is 2.25. The molecule has 2 rings (SSSR count). The summed E-state index contributed by atoms with van der Waals surface area (Å²) in [6.07, 6.45) is 1.09. The number of nitrogens with one attached hydrogen (secondary N) is 1. The molecule has 0 spiro atoms. The molecular formula is C14H21ClN2O. The van der Waals surface area contributed by atoms with Gasteiger partial charge in [0.15, 0.2) is 0 Å².